The Morgan fingerprint density at radius 1 is 0.533 bits per heavy atom. The molecule has 0 aliphatic carbocycles. The normalized spacial score (nSPS) is 7.80. The van der Waals surface area contributed by atoms with Crippen molar-refractivity contribution in [2.75, 3.05) is 0 Å². The fourth-order valence-electron chi connectivity index (χ4n) is 0.770. The monoisotopic (exact) mass is 221 g/mol. The van der Waals surface area contributed by atoms with Crippen molar-refractivity contribution < 1.29 is 9.46 Å². The lowest BCUT2D eigenvalue weighted by Gasteiger charge is -1.69. The minimum Gasteiger partial charge on any atom is -0.162 e. The minimum absolute atomic E-state index is 1.17. The second-order valence-corrected chi connectivity index (χ2v) is 2.58. The van der Waals surface area contributed by atoms with Crippen LogP contribution in [0.25, 0.3) is 0 Å². The highest BCUT2D eigenvalue weighted by atomic mass is 31.1. The van der Waals surface area contributed by atoms with Crippen molar-refractivity contribution in [3.05, 3.63) is 72.8 Å². The van der Waals surface area contributed by atoms with Crippen LogP contribution in [0.5, 0.6) is 0 Å². The topological polar surface area (TPSA) is 37.3 Å². The number of benzene rings is 2. The van der Waals surface area contributed by atoms with E-state index in [4.69, 9.17) is 9.46 Å². The maximum absolute atomic E-state index is 8.51. The summed E-state index contributed by atoms with van der Waals surface area (Å²) < 4.78 is 8.51. The van der Waals surface area contributed by atoms with Crippen LogP contribution in [-0.2, 0) is 4.57 Å². The van der Waals surface area contributed by atoms with Gasteiger partial charge < -0.3 is 0 Å². The molecule has 0 amide bonds. The lowest BCUT2D eigenvalue weighted by molar-refractivity contribution is 0.524. The fraction of sp³-hybridized carbons (Fsp3) is 0. The molecule has 3 heteroatoms. The van der Waals surface area contributed by atoms with Gasteiger partial charge in [0.25, 0.3) is 0 Å². The smallest absolute Gasteiger partial charge is 0.162 e. The van der Waals surface area contributed by atoms with Gasteiger partial charge in [-0.1, -0.05) is 72.8 Å². The van der Waals surface area contributed by atoms with Gasteiger partial charge in [-0.3, -0.25) is 0 Å². The van der Waals surface area contributed by atoms with E-state index in [9.17, 15) is 0 Å². The molecule has 1 N–H and O–H groups in total. The Hall–Kier alpha value is -1.50. The predicted octanol–water partition coefficient (Wildman–Crippen LogP) is 3.29. The van der Waals surface area contributed by atoms with Crippen molar-refractivity contribution in [1.82, 2.24) is 0 Å². The maximum Gasteiger partial charge on any atom is 0.491 e. The maximum atomic E-state index is 8.51. The highest BCUT2D eigenvalue weighted by Crippen LogP contribution is 1.80. The summed E-state index contributed by atoms with van der Waals surface area (Å²) in [7, 11) is -1.17. The van der Waals surface area contributed by atoms with Gasteiger partial charge in [0.2, 0.25) is 0 Å². The molecule has 0 aliphatic rings. The third kappa shape index (κ3) is 12.5. The highest BCUT2D eigenvalue weighted by Gasteiger charge is 1.58. The Morgan fingerprint density at radius 2 is 0.600 bits per heavy atom. The first-order valence-electron chi connectivity index (χ1n) is 4.43. The lowest BCUT2D eigenvalue weighted by Crippen LogP contribution is -1.47. The zero-order valence-electron chi connectivity index (χ0n) is 8.28. The van der Waals surface area contributed by atoms with Gasteiger partial charge in [-0.15, -0.1) is 0 Å². The van der Waals surface area contributed by atoms with Gasteiger partial charge in [-0.05, 0) is 4.57 Å². The average molecular weight is 221 g/mol. The molecule has 0 spiro atoms. The standard InChI is InChI=1S/2C6H6.HO2P/c2*1-2-4-6-5-3-1;1-3-2/h2*1-6H;3H/p+1. The van der Waals surface area contributed by atoms with Crippen molar-refractivity contribution in [2.24, 2.45) is 0 Å². The Labute approximate surface area is 91.5 Å². The van der Waals surface area contributed by atoms with Gasteiger partial charge in [-0.25, -0.2) is 0 Å². The quantitative estimate of drug-likeness (QED) is 0.693. The molecule has 0 aliphatic heterocycles. The zero-order valence-corrected chi connectivity index (χ0v) is 9.28. The van der Waals surface area contributed by atoms with Crippen molar-refractivity contribution >= 4 is 8.69 Å². The summed E-state index contributed by atoms with van der Waals surface area (Å²) in [6.07, 6.45) is 0. The largest absolute Gasteiger partial charge is 0.491 e. The van der Waals surface area contributed by atoms with Crippen LogP contribution in [0.15, 0.2) is 72.8 Å². The third-order valence-corrected chi connectivity index (χ3v) is 1.33. The Bertz CT molecular complexity index is 226. The molecule has 0 heterocycles. The number of hydrogen-bond donors (Lipinski definition) is 1. The van der Waals surface area contributed by atoms with E-state index in [1.54, 1.807) is 0 Å². The van der Waals surface area contributed by atoms with E-state index in [0.29, 0.717) is 0 Å². The van der Waals surface area contributed by atoms with E-state index in [0.717, 1.165) is 0 Å². The van der Waals surface area contributed by atoms with Gasteiger partial charge in [0.05, 0.1) is 0 Å². The summed E-state index contributed by atoms with van der Waals surface area (Å²) in [5, 5.41) is 0. The zero-order chi connectivity index (χ0) is 11.2. The van der Waals surface area contributed by atoms with Crippen molar-refractivity contribution in [3.63, 3.8) is 0 Å². The molecule has 1 unspecified atom stereocenters. The van der Waals surface area contributed by atoms with Crippen LogP contribution in [0.1, 0.15) is 0 Å². The summed E-state index contributed by atoms with van der Waals surface area (Å²) in [4.78, 5) is 7.04. The van der Waals surface area contributed by atoms with E-state index in [1.165, 1.54) is 0 Å². The van der Waals surface area contributed by atoms with E-state index >= 15 is 0 Å². The van der Waals surface area contributed by atoms with E-state index in [2.05, 4.69) is 0 Å². The molecule has 2 rings (SSSR count). The summed E-state index contributed by atoms with van der Waals surface area (Å²) in [6.45, 7) is 0. The first-order chi connectivity index (χ1) is 7.41. The number of rotatable bonds is 0. The third-order valence-electron chi connectivity index (χ3n) is 1.33. The minimum atomic E-state index is -1.17. The highest BCUT2D eigenvalue weighted by molar-refractivity contribution is 7.16. The van der Waals surface area contributed by atoms with Crippen molar-refractivity contribution in [3.8, 4) is 0 Å². The van der Waals surface area contributed by atoms with Crippen LogP contribution in [0.3, 0.4) is 0 Å². The molecule has 0 aromatic heterocycles. The first-order valence-corrected chi connectivity index (χ1v) is 5.28. The molecule has 0 bridgehead atoms. The van der Waals surface area contributed by atoms with E-state index < -0.39 is 8.69 Å². The van der Waals surface area contributed by atoms with Crippen molar-refractivity contribution in [1.29, 1.82) is 0 Å². The summed E-state index contributed by atoms with van der Waals surface area (Å²) in [5.74, 6) is 0. The summed E-state index contributed by atoms with van der Waals surface area (Å²) >= 11 is 0. The van der Waals surface area contributed by atoms with Crippen LogP contribution in [0, 0.1) is 0 Å². The predicted molar refractivity (Wildman–Crippen MR) is 64.1 cm³/mol. The summed E-state index contributed by atoms with van der Waals surface area (Å²) in [6, 6.07) is 24.0. The van der Waals surface area contributed by atoms with Crippen LogP contribution in [-0.4, -0.2) is 4.89 Å². The van der Waals surface area contributed by atoms with Crippen molar-refractivity contribution in [2.45, 2.75) is 0 Å². The molecule has 2 aromatic rings. The molecule has 0 saturated heterocycles. The molecule has 1 atom stereocenters. The van der Waals surface area contributed by atoms with E-state index in [-0.39, 0.29) is 0 Å². The Morgan fingerprint density at radius 3 is 0.667 bits per heavy atom. The van der Waals surface area contributed by atoms with Crippen LogP contribution in [0.2, 0.25) is 0 Å². The van der Waals surface area contributed by atoms with Gasteiger partial charge in [0.15, 0.2) is 0 Å². The lowest BCUT2D eigenvalue weighted by atomic mass is 10.4. The van der Waals surface area contributed by atoms with Gasteiger partial charge in [-0.2, -0.15) is 4.89 Å². The Kier molecular flexibility index (Phi) is 11.2. The average Bonchev–Trinajstić information content (AvgIpc) is 2.35. The molecular formula is C12H14O2P+. The molecule has 2 nitrogen and oxygen atoms in total. The molecule has 2 aromatic carbocycles. The first kappa shape index (κ1) is 13.5. The molecule has 0 saturated carbocycles. The van der Waals surface area contributed by atoms with E-state index in [1.807, 2.05) is 72.8 Å². The second-order valence-electron chi connectivity index (χ2n) is 2.40. The van der Waals surface area contributed by atoms with Crippen LogP contribution >= 0.6 is 8.69 Å². The van der Waals surface area contributed by atoms with Gasteiger partial charge in [0, 0.05) is 0 Å². The number of hydrogen-bond acceptors (Lipinski definition) is 1. The fourth-order valence-corrected chi connectivity index (χ4v) is 0.770. The molecule has 0 fully saturated rings. The molecule has 78 valence electrons. The molecule has 0 radical (unpaired) electrons. The second kappa shape index (κ2) is 12.5. The van der Waals surface area contributed by atoms with Crippen LogP contribution in [0.4, 0.5) is 0 Å². The van der Waals surface area contributed by atoms with Gasteiger partial charge in [0.1, 0.15) is 0 Å². The SMILES string of the molecule is O=[PH+]O.c1ccccc1.c1ccccc1. The summed E-state index contributed by atoms with van der Waals surface area (Å²) in [5.41, 5.74) is 0. The van der Waals surface area contributed by atoms with Gasteiger partial charge >= 0.3 is 8.69 Å². The Balaban J connectivity index is 0.000000210. The molecular weight excluding hydrogens is 207 g/mol. The van der Waals surface area contributed by atoms with Crippen LogP contribution < -0.4 is 0 Å². The molecule has 15 heavy (non-hydrogen) atoms.